The van der Waals surface area contributed by atoms with Crippen LogP contribution in [-0.2, 0) is 13.0 Å². The fourth-order valence-electron chi connectivity index (χ4n) is 2.31. The van der Waals surface area contributed by atoms with Gasteiger partial charge in [0.05, 0.1) is 10.9 Å². The van der Waals surface area contributed by atoms with Gasteiger partial charge in [-0.15, -0.1) is 16.8 Å². The molecule has 2 heterocycles. The summed E-state index contributed by atoms with van der Waals surface area (Å²) < 4.78 is 1.70. The van der Waals surface area contributed by atoms with Crippen molar-refractivity contribution in [2.24, 2.45) is 0 Å². The molecule has 0 saturated heterocycles. The molecule has 1 amide bonds. The van der Waals surface area contributed by atoms with Crippen LogP contribution in [0.25, 0.3) is 10.9 Å². The molecule has 0 fully saturated rings. The highest BCUT2D eigenvalue weighted by Crippen LogP contribution is 2.17. The standard InChI is InChI=1S/C16H15N5O2S2/c1-3-7-21-14(23)10-6-5-9(8-11(10)17-16(21)24)13(22)18-15-20-19-12(4-2)25-15/h3,5-6,8H,1,4,7H2,2H3,(H,17,24)(H,18,20,22). The Balaban J connectivity index is 1.96. The predicted molar refractivity (Wildman–Crippen MR) is 101 cm³/mol. The highest BCUT2D eigenvalue weighted by atomic mass is 32.1. The Hall–Kier alpha value is -2.65. The molecule has 9 heteroatoms. The molecule has 0 unspecified atom stereocenters. The van der Waals surface area contributed by atoms with E-state index in [4.69, 9.17) is 12.2 Å². The Morgan fingerprint density at radius 3 is 2.96 bits per heavy atom. The lowest BCUT2D eigenvalue weighted by atomic mass is 10.1. The fourth-order valence-corrected chi connectivity index (χ4v) is 3.25. The van der Waals surface area contributed by atoms with Gasteiger partial charge in [0.25, 0.3) is 11.5 Å². The Bertz CT molecular complexity index is 1080. The van der Waals surface area contributed by atoms with E-state index < -0.39 is 0 Å². The van der Waals surface area contributed by atoms with E-state index in [0.717, 1.165) is 11.4 Å². The van der Waals surface area contributed by atoms with Crippen LogP contribution >= 0.6 is 23.6 Å². The van der Waals surface area contributed by atoms with E-state index in [1.54, 1.807) is 24.3 Å². The highest BCUT2D eigenvalue weighted by molar-refractivity contribution is 7.71. The third kappa shape index (κ3) is 3.42. The van der Waals surface area contributed by atoms with Crippen molar-refractivity contribution in [2.45, 2.75) is 19.9 Å². The van der Waals surface area contributed by atoms with E-state index in [9.17, 15) is 9.59 Å². The number of fused-ring (bicyclic) bond motifs is 1. The third-order valence-electron chi connectivity index (χ3n) is 3.55. The lowest BCUT2D eigenvalue weighted by molar-refractivity contribution is 0.102. The van der Waals surface area contributed by atoms with Crippen LogP contribution in [-0.4, -0.2) is 25.7 Å². The summed E-state index contributed by atoms with van der Waals surface area (Å²) in [5, 5.41) is 12.3. The summed E-state index contributed by atoms with van der Waals surface area (Å²) in [4.78, 5) is 27.8. The van der Waals surface area contributed by atoms with Crippen molar-refractivity contribution >= 4 is 45.5 Å². The minimum atomic E-state index is -0.324. The van der Waals surface area contributed by atoms with E-state index in [-0.39, 0.29) is 16.2 Å². The highest BCUT2D eigenvalue weighted by Gasteiger charge is 2.12. The second-order valence-corrected chi connectivity index (χ2v) is 6.65. The number of carbonyl (C=O) groups excluding carboxylic acids is 1. The van der Waals surface area contributed by atoms with Crippen molar-refractivity contribution in [3.05, 3.63) is 56.6 Å². The van der Waals surface area contributed by atoms with Crippen molar-refractivity contribution in [2.75, 3.05) is 5.32 Å². The van der Waals surface area contributed by atoms with Gasteiger partial charge in [0.2, 0.25) is 5.13 Å². The van der Waals surface area contributed by atoms with Crippen LogP contribution < -0.4 is 10.9 Å². The molecule has 2 N–H and O–H groups in total. The third-order valence-corrected chi connectivity index (χ3v) is 4.85. The molecule has 0 saturated carbocycles. The average molecular weight is 373 g/mol. The molecule has 0 spiro atoms. The van der Waals surface area contributed by atoms with Gasteiger partial charge in [-0.1, -0.05) is 24.3 Å². The van der Waals surface area contributed by atoms with E-state index in [1.807, 2.05) is 6.92 Å². The number of amides is 1. The van der Waals surface area contributed by atoms with Gasteiger partial charge in [-0.3, -0.25) is 19.5 Å². The molecule has 128 valence electrons. The minimum Gasteiger partial charge on any atom is -0.332 e. The van der Waals surface area contributed by atoms with E-state index >= 15 is 0 Å². The van der Waals surface area contributed by atoms with Gasteiger partial charge >= 0.3 is 0 Å². The molecular weight excluding hydrogens is 358 g/mol. The zero-order chi connectivity index (χ0) is 18.0. The molecule has 0 aliphatic heterocycles. The van der Waals surface area contributed by atoms with Crippen molar-refractivity contribution in [1.82, 2.24) is 19.7 Å². The molecule has 0 aliphatic rings. The van der Waals surface area contributed by atoms with Gasteiger partial charge in [-0.2, -0.15) is 0 Å². The number of anilines is 1. The fraction of sp³-hybridized carbons (Fsp3) is 0.188. The van der Waals surface area contributed by atoms with Crippen LogP contribution in [0.15, 0.2) is 35.6 Å². The molecule has 3 aromatic rings. The number of H-pyrrole nitrogens is 1. The van der Waals surface area contributed by atoms with Crippen molar-refractivity contribution < 1.29 is 4.79 Å². The molecular formula is C16H15N5O2S2. The normalized spacial score (nSPS) is 10.8. The summed E-state index contributed by atoms with van der Waals surface area (Å²) >= 11 is 6.54. The summed E-state index contributed by atoms with van der Waals surface area (Å²) in [6.07, 6.45) is 2.36. The second kappa shape index (κ2) is 7.08. The van der Waals surface area contributed by atoms with Crippen LogP contribution in [0.1, 0.15) is 22.3 Å². The first-order chi connectivity index (χ1) is 12.0. The number of aromatic nitrogens is 4. The first-order valence-electron chi connectivity index (χ1n) is 7.55. The number of allylic oxidation sites excluding steroid dienone is 1. The SMILES string of the molecule is C=CCn1c(=S)[nH]c2cc(C(=O)Nc3nnc(CC)s3)ccc2c1=O. The largest absolute Gasteiger partial charge is 0.332 e. The number of benzene rings is 1. The predicted octanol–water partition coefficient (Wildman–Crippen LogP) is 2.91. The first-order valence-corrected chi connectivity index (χ1v) is 8.77. The molecule has 25 heavy (non-hydrogen) atoms. The molecule has 0 atom stereocenters. The maximum absolute atomic E-state index is 12.5. The number of nitrogens with one attached hydrogen (secondary N) is 2. The van der Waals surface area contributed by atoms with Crippen molar-refractivity contribution in [3.8, 4) is 0 Å². The Labute approximate surface area is 152 Å². The maximum atomic E-state index is 12.5. The number of aryl methyl sites for hydroxylation is 1. The van der Waals surface area contributed by atoms with Gasteiger partial charge < -0.3 is 4.98 Å². The zero-order valence-corrected chi connectivity index (χ0v) is 15.0. The summed E-state index contributed by atoms with van der Waals surface area (Å²) in [6.45, 7) is 5.91. The van der Waals surface area contributed by atoms with Gasteiger partial charge in [0, 0.05) is 12.1 Å². The number of hydrogen-bond donors (Lipinski definition) is 2. The molecule has 0 bridgehead atoms. The van der Waals surface area contributed by atoms with Gasteiger partial charge in [0.15, 0.2) is 4.77 Å². The summed E-state index contributed by atoms with van der Waals surface area (Å²) in [6, 6.07) is 4.80. The minimum absolute atomic E-state index is 0.220. The van der Waals surface area contributed by atoms with Crippen molar-refractivity contribution in [1.29, 1.82) is 0 Å². The number of nitrogens with zero attached hydrogens (tertiary/aromatic N) is 3. The maximum Gasteiger partial charge on any atom is 0.262 e. The van der Waals surface area contributed by atoms with E-state index in [2.05, 4.69) is 27.1 Å². The molecule has 7 nitrogen and oxygen atoms in total. The summed E-state index contributed by atoms with van der Waals surface area (Å²) in [5.74, 6) is -0.324. The van der Waals surface area contributed by atoms with Gasteiger partial charge in [-0.25, -0.2) is 0 Å². The molecule has 1 aromatic carbocycles. The molecule has 0 aliphatic carbocycles. The molecule has 3 rings (SSSR count). The summed E-state index contributed by atoms with van der Waals surface area (Å²) in [7, 11) is 0. The van der Waals surface area contributed by atoms with Crippen LogP contribution in [0, 0.1) is 4.77 Å². The number of hydrogen-bond acceptors (Lipinski definition) is 6. The molecule has 2 aromatic heterocycles. The lowest BCUT2D eigenvalue weighted by Gasteiger charge is -2.07. The van der Waals surface area contributed by atoms with Crippen LogP contribution in [0.3, 0.4) is 0 Å². The Morgan fingerprint density at radius 1 is 1.48 bits per heavy atom. The number of aromatic amines is 1. The first kappa shape index (κ1) is 17.2. The molecule has 0 radical (unpaired) electrons. The van der Waals surface area contributed by atoms with E-state index in [0.29, 0.717) is 28.1 Å². The number of rotatable bonds is 5. The Kier molecular flexibility index (Phi) is 4.86. The Morgan fingerprint density at radius 2 is 2.28 bits per heavy atom. The quantitative estimate of drug-likeness (QED) is 0.530. The zero-order valence-electron chi connectivity index (χ0n) is 13.4. The van der Waals surface area contributed by atoms with Crippen LogP contribution in [0.2, 0.25) is 0 Å². The topological polar surface area (TPSA) is 92.7 Å². The average Bonchev–Trinajstić information content (AvgIpc) is 3.05. The second-order valence-electron chi connectivity index (χ2n) is 5.20. The van der Waals surface area contributed by atoms with Gasteiger partial charge in [0.1, 0.15) is 5.01 Å². The summed E-state index contributed by atoms with van der Waals surface area (Å²) in [5.41, 5.74) is 0.684. The number of carbonyl (C=O) groups is 1. The lowest BCUT2D eigenvalue weighted by Crippen LogP contribution is -2.22. The van der Waals surface area contributed by atoms with Crippen LogP contribution in [0.4, 0.5) is 5.13 Å². The van der Waals surface area contributed by atoms with Crippen molar-refractivity contribution in [3.63, 3.8) is 0 Å². The van der Waals surface area contributed by atoms with Crippen LogP contribution in [0.5, 0.6) is 0 Å². The van der Waals surface area contributed by atoms with Gasteiger partial charge in [-0.05, 0) is 36.8 Å². The monoisotopic (exact) mass is 373 g/mol. The smallest absolute Gasteiger partial charge is 0.262 e. The van der Waals surface area contributed by atoms with E-state index in [1.165, 1.54) is 15.9 Å².